The lowest BCUT2D eigenvalue weighted by atomic mass is 10.0. The predicted octanol–water partition coefficient (Wildman–Crippen LogP) is 3.21. The fourth-order valence-corrected chi connectivity index (χ4v) is 3.10. The molecule has 2 rings (SSSR count). The summed E-state index contributed by atoms with van der Waals surface area (Å²) in [5.74, 6) is -1.29. The van der Waals surface area contributed by atoms with E-state index in [0.717, 1.165) is 6.07 Å². The average Bonchev–Trinajstić information content (AvgIpc) is 2.96. The first-order chi connectivity index (χ1) is 10.8. The van der Waals surface area contributed by atoms with Crippen LogP contribution in [-0.4, -0.2) is 28.5 Å². The van der Waals surface area contributed by atoms with Crippen LogP contribution in [0.15, 0.2) is 18.2 Å². The average molecular weight is 347 g/mol. The predicted molar refractivity (Wildman–Crippen MR) is 85.1 cm³/mol. The molecule has 23 heavy (non-hydrogen) atoms. The van der Waals surface area contributed by atoms with Gasteiger partial charge in [0.1, 0.15) is 11.6 Å². The molecule has 130 valence electrons. The minimum Gasteiger partial charge on any atom is -0.350 e. The fraction of sp³-hybridized carbons (Fsp3) is 0.625. The van der Waals surface area contributed by atoms with Crippen LogP contribution in [0.4, 0.5) is 8.78 Å². The molecule has 1 fully saturated rings. The minimum absolute atomic E-state index is 0.294. The van der Waals surface area contributed by atoms with E-state index in [-0.39, 0.29) is 6.29 Å². The first-order valence-electron chi connectivity index (χ1n) is 7.63. The van der Waals surface area contributed by atoms with Gasteiger partial charge in [0, 0.05) is 24.1 Å². The molecule has 0 amide bonds. The second-order valence-corrected chi connectivity index (χ2v) is 8.46. The van der Waals surface area contributed by atoms with Gasteiger partial charge < -0.3 is 9.47 Å². The summed E-state index contributed by atoms with van der Waals surface area (Å²) in [6.45, 7) is 6.58. The van der Waals surface area contributed by atoms with Crippen LogP contribution in [0, 0.1) is 11.6 Å². The van der Waals surface area contributed by atoms with Gasteiger partial charge in [-0.2, -0.15) is 0 Å². The molecule has 1 aliphatic heterocycles. The lowest BCUT2D eigenvalue weighted by Crippen LogP contribution is -2.36. The summed E-state index contributed by atoms with van der Waals surface area (Å²) in [5, 5.41) is 0. The molecule has 0 saturated carbocycles. The van der Waals surface area contributed by atoms with Crippen LogP contribution in [0.1, 0.15) is 45.2 Å². The van der Waals surface area contributed by atoms with Gasteiger partial charge in [-0.05, 0) is 33.3 Å². The molecule has 2 unspecified atom stereocenters. The van der Waals surface area contributed by atoms with Crippen molar-refractivity contribution < 1.29 is 22.5 Å². The Morgan fingerprint density at radius 1 is 1.30 bits per heavy atom. The topological polar surface area (TPSA) is 47.6 Å². The minimum atomic E-state index is -1.38. The van der Waals surface area contributed by atoms with Crippen molar-refractivity contribution in [3.63, 3.8) is 0 Å². The Morgan fingerprint density at radius 2 is 1.96 bits per heavy atom. The molecule has 1 aliphatic rings. The Kier molecular flexibility index (Phi) is 6.25. The molecule has 1 N–H and O–H groups in total. The summed E-state index contributed by atoms with van der Waals surface area (Å²) < 4.78 is 52.8. The van der Waals surface area contributed by atoms with Crippen LogP contribution in [-0.2, 0) is 20.5 Å². The molecule has 0 aliphatic carbocycles. The van der Waals surface area contributed by atoms with Crippen molar-refractivity contribution in [2.75, 3.05) is 13.2 Å². The third kappa shape index (κ3) is 5.31. The number of ether oxygens (including phenoxy) is 2. The molecule has 0 aromatic heterocycles. The maximum Gasteiger partial charge on any atom is 0.157 e. The zero-order valence-corrected chi connectivity index (χ0v) is 14.4. The molecule has 7 heteroatoms. The van der Waals surface area contributed by atoms with Gasteiger partial charge >= 0.3 is 0 Å². The Labute approximate surface area is 138 Å². The highest BCUT2D eigenvalue weighted by atomic mass is 32.2. The summed E-state index contributed by atoms with van der Waals surface area (Å²) in [5.41, 5.74) is 0.294. The molecule has 1 heterocycles. The molecule has 0 spiro atoms. The number of hydrogen-bond acceptors (Lipinski definition) is 3. The Morgan fingerprint density at radius 3 is 2.52 bits per heavy atom. The Hall–Kier alpha value is -0.890. The molecule has 1 aromatic rings. The van der Waals surface area contributed by atoms with Gasteiger partial charge in [0.05, 0.1) is 28.9 Å². The van der Waals surface area contributed by atoms with E-state index in [4.69, 9.17) is 9.47 Å². The molecule has 1 aromatic carbocycles. The van der Waals surface area contributed by atoms with Crippen molar-refractivity contribution in [1.82, 2.24) is 4.72 Å². The molecule has 0 bridgehead atoms. The van der Waals surface area contributed by atoms with Crippen LogP contribution in [0.25, 0.3) is 0 Å². The van der Waals surface area contributed by atoms with Gasteiger partial charge in [0.2, 0.25) is 0 Å². The van der Waals surface area contributed by atoms with E-state index in [1.165, 1.54) is 12.1 Å². The number of rotatable bonds is 6. The van der Waals surface area contributed by atoms with Crippen LogP contribution < -0.4 is 4.72 Å². The van der Waals surface area contributed by atoms with Gasteiger partial charge in [-0.25, -0.2) is 17.7 Å². The van der Waals surface area contributed by atoms with E-state index < -0.39 is 33.4 Å². The first-order valence-corrected chi connectivity index (χ1v) is 8.78. The summed E-state index contributed by atoms with van der Waals surface area (Å²) in [4.78, 5) is 0. The molecular weight excluding hydrogens is 324 g/mol. The van der Waals surface area contributed by atoms with Gasteiger partial charge in [-0.15, -0.1) is 0 Å². The van der Waals surface area contributed by atoms with Crippen molar-refractivity contribution >= 4 is 11.0 Å². The third-order valence-corrected chi connectivity index (χ3v) is 5.14. The molecule has 4 nitrogen and oxygen atoms in total. The zero-order chi connectivity index (χ0) is 17.0. The molecule has 0 radical (unpaired) electrons. The SMILES string of the molecule is CC(C)(C)S(=O)NC(CCC1OCCO1)c1ccc(F)cc1F. The van der Waals surface area contributed by atoms with Crippen molar-refractivity contribution in [2.45, 2.75) is 50.7 Å². The van der Waals surface area contributed by atoms with Crippen molar-refractivity contribution in [1.29, 1.82) is 0 Å². The van der Waals surface area contributed by atoms with E-state index in [1.54, 1.807) is 0 Å². The summed E-state index contributed by atoms with van der Waals surface area (Å²) in [6, 6.07) is 2.92. The number of nitrogens with one attached hydrogen (secondary N) is 1. The van der Waals surface area contributed by atoms with Gasteiger partial charge in [0.15, 0.2) is 6.29 Å². The van der Waals surface area contributed by atoms with E-state index in [0.29, 0.717) is 31.6 Å². The highest BCUT2D eigenvalue weighted by Crippen LogP contribution is 2.26. The lowest BCUT2D eigenvalue weighted by molar-refractivity contribution is -0.0489. The quantitative estimate of drug-likeness (QED) is 0.860. The zero-order valence-electron chi connectivity index (χ0n) is 13.6. The van der Waals surface area contributed by atoms with E-state index in [2.05, 4.69) is 4.72 Å². The molecular formula is C16H23F2NO3S. The van der Waals surface area contributed by atoms with Gasteiger partial charge in [0.25, 0.3) is 0 Å². The van der Waals surface area contributed by atoms with Crippen molar-refractivity contribution in [2.24, 2.45) is 0 Å². The maximum atomic E-state index is 14.1. The fourth-order valence-electron chi connectivity index (χ4n) is 2.24. The molecule has 1 saturated heterocycles. The monoisotopic (exact) mass is 347 g/mol. The highest BCUT2D eigenvalue weighted by molar-refractivity contribution is 7.84. The van der Waals surface area contributed by atoms with E-state index >= 15 is 0 Å². The number of halogens is 2. The van der Waals surface area contributed by atoms with Gasteiger partial charge in [-0.1, -0.05) is 6.07 Å². The second kappa shape index (κ2) is 7.79. The smallest absolute Gasteiger partial charge is 0.157 e. The molecule has 2 atom stereocenters. The standard InChI is InChI=1S/C16H23F2NO3S/c1-16(2,3)23(20)19-14(6-7-15-21-8-9-22-15)12-5-4-11(17)10-13(12)18/h4-5,10,14-15,19H,6-9H2,1-3H3. The summed E-state index contributed by atoms with van der Waals surface area (Å²) in [7, 11) is -1.38. The number of hydrogen-bond donors (Lipinski definition) is 1. The highest BCUT2D eigenvalue weighted by Gasteiger charge is 2.27. The van der Waals surface area contributed by atoms with E-state index in [9.17, 15) is 13.0 Å². The van der Waals surface area contributed by atoms with Crippen LogP contribution in [0.3, 0.4) is 0 Å². The Balaban J connectivity index is 2.14. The van der Waals surface area contributed by atoms with Crippen molar-refractivity contribution in [3.8, 4) is 0 Å². The summed E-state index contributed by atoms with van der Waals surface area (Å²) >= 11 is 0. The van der Waals surface area contributed by atoms with E-state index in [1.807, 2.05) is 20.8 Å². The van der Waals surface area contributed by atoms with Crippen molar-refractivity contribution in [3.05, 3.63) is 35.4 Å². The van der Waals surface area contributed by atoms with Crippen LogP contribution >= 0.6 is 0 Å². The number of benzene rings is 1. The largest absolute Gasteiger partial charge is 0.350 e. The normalized spacial score (nSPS) is 19.0. The summed E-state index contributed by atoms with van der Waals surface area (Å²) in [6.07, 6.45) is 0.677. The van der Waals surface area contributed by atoms with Gasteiger partial charge in [-0.3, -0.25) is 0 Å². The maximum absolute atomic E-state index is 14.1. The first kappa shape index (κ1) is 18.4. The lowest BCUT2D eigenvalue weighted by Gasteiger charge is -2.25. The Bertz CT molecular complexity index is 557. The van der Waals surface area contributed by atoms with Crippen LogP contribution in [0.5, 0.6) is 0 Å². The third-order valence-electron chi connectivity index (χ3n) is 3.53. The second-order valence-electron chi connectivity index (χ2n) is 6.47. The van der Waals surface area contributed by atoms with Crippen LogP contribution in [0.2, 0.25) is 0 Å².